The summed E-state index contributed by atoms with van der Waals surface area (Å²) in [4.78, 5) is 0. The molecule has 2 aromatic rings. The Labute approximate surface area is 97.2 Å². The van der Waals surface area contributed by atoms with Crippen molar-refractivity contribution in [1.82, 2.24) is 5.16 Å². The molecule has 0 unspecified atom stereocenters. The van der Waals surface area contributed by atoms with E-state index in [0.717, 1.165) is 12.5 Å². The SMILES string of the molecule is CCCc1onc(N)c1-c1cc(F)cc(F)c1. The quantitative estimate of drug-likeness (QED) is 0.893. The molecule has 90 valence electrons. The lowest BCUT2D eigenvalue weighted by atomic mass is 10.0. The van der Waals surface area contributed by atoms with Gasteiger partial charge in [-0.3, -0.25) is 0 Å². The van der Waals surface area contributed by atoms with Crippen LogP contribution in [-0.2, 0) is 6.42 Å². The minimum Gasteiger partial charge on any atom is -0.380 e. The molecule has 3 nitrogen and oxygen atoms in total. The molecule has 0 saturated heterocycles. The predicted molar refractivity (Wildman–Crippen MR) is 60.3 cm³/mol. The van der Waals surface area contributed by atoms with Crippen LogP contribution in [-0.4, -0.2) is 5.16 Å². The highest BCUT2D eigenvalue weighted by atomic mass is 19.1. The molecule has 0 spiro atoms. The van der Waals surface area contributed by atoms with Crippen LogP contribution < -0.4 is 5.73 Å². The van der Waals surface area contributed by atoms with Crippen molar-refractivity contribution < 1.29 is 13.3 Å². The summed E-state index contributed by atoms with van der Waals surface area (Å²) in [6.45, 7) is 1.97. The Bertz CT molecular complexity index is 517. The fourth-order valence-corrected chi connectivity index (χ4v) is 1.74. The van der Waals surface area contributed by atoms with Crippen molar-refractivity contribution in [3.05, 3.63) is 35.6 Å². The van der Waals surface area contributed by atoms with Gasteiger partial charge in [0.2, 0.25) is 0 Å². The molecule has 0 amide bonds. The van der Waals surface area contributed by atoms with Gasteiger partial charge in [0.05, 0.1) is 5.56 Å². The summed E-state index contributed by atoms with van der Waals surface area (Å²) in [5, 5.41) is 3.63. The molecule has 0 aliphatic rings. The van der Waals surface area contributed by atoms with Crippen LogP contribution in [0.3, 0.4) is 0 Å². The largest absolute Gasteiger partial charge is 0.380 e. The number of benzene rings is 1. The van der Waals surface area contributed by atoms with Gasteiger partial charge < -0.3 is 10.3 Å². The third kappa shape index (κ3) is 2.27. The molecular formula is C12H12F2N2O. The number of nitrogens with two attached hydrogens (primary N) is 1. The summed E-state index contributed by atoms with van der Waals surface area (Å²) in [5.74, 6) is -0.598. The highest BCUT2D eigenvalue weighted by Crippen LogP contribution is 2.31. The second-order valence-corrected chi connectivity index (χ2v) is 3.77. The number of halogens is 2. The van der Waals surface area contributed by atoms with Gasteiger partial charge in [0.1, 0.15) is 17.4 Å². The topological polar surface area (TPSA) is 52.0 Å². The summed E-state index contributed by atoms with van der Waals surface area (Å²) in [6.07, 6.45) is 1.46. The van der Waals surface area contributed by atoms with E-state index in [2.05, 4.69) is 5.16 Å². The zero-order chi connectivity index (χ0) is 12.4. The van der Waals surface area contributed by atoms with Gasteiger partial charge in [-0.15, -0.1) is 0 Å². The maximum absolute atomic E-state index is 13.1. The third-order valence-electron chi connectivity index (χ3n) is 2.42. The maximum atomic E-state index is 13.1. The van der Waals surface area contributed by atoms with Crippen molar-refractivity contribution in [1.29, 1.82) is 0 Å². The van der Waals surface area contributed by atoms with E-state index in [4.69, 9.17) is 10.3 Å². The van der Waals surface area contributed by atoms with Gasteiger partial charge >= 0.3 is 0 Å². The second-order valence-electron chi connectivity index (χ2n) is 3.77. The third-order valence-corrected chi connectivity index (χ3v) is 2.42. The first-order valence-corrected chi connectivity index (χ1v) is 5.32. The molecule has 2 N–H and O–H groups in total. The van der Waals surface area contributed by atoms with Crippen LogP contribution in [0.15, 0.2) is 22.7 Å². The average Bonchev–Trinajstić information content (AvgIpc) is 2.59. The van der Waals surface area contributed by atoms with Crippen LogP contribution in [0.1, 0.15) is 19.1 Å². The molecule has 1 aromatic heterocycles. The molecule has 2 rings (SSSR count). The predicted octanol–water partition coefficient (Wildman–Crippen LogP) is 3.15. The Kier molecular flexibility index (Phi) is 3.08. The van der Waals surface area contributed by atoms with Crippen molar-refractivity contribution in [3.63, 3.8) is 0 Å². The normalized spacial score (nSPS) is 10.8. The van der Waals surface area contributed by atoms with Gasteiger partial charge in [0, 0.05) is 12.5 Å². The van der Waals surface area contributed by atoms with E-state index < -0.39 is 11.6 Å². The van der Waals surface area contributed by atoms with E-state index >= 15 is 0 Å². The van der Waals surface area contributed by atoms with Crippen molar-refractivity contribution >= 4 is 5.82 Å². The molecule has 0 aliphatic heterocycles. The van der Waals surface area contributed by atoms with Crippen LogP contribution >= 0.6 is 0 Å². The number of anilines is 1. The molecule has 0 bridgehead atoms. The van der Waals surface area contributed by atoms with Crippen molar-refractivity contribution in [2.24, 2.45) is 0 Å². The molecule has 0 saturated carbocycles. The second kappa shape index (κ2) is 4.53. The summed E-state index contributed by atoms with van der Waals surface area (Å²) in [7, 11) is 0. The lowest BCUT2D eigenvalue weighted by molar-refractivity contribution is 0.385. The van der Waals surface area contributed by atoms with Gasteiger partial charge in [-0.2, -0.15) is 0 Å². The highest BCUT2D eigenvalue weighted by Gasteiger charge is 2.16. The van der Waals surface area contributed by atoms with E-state index in [9.17, 15) is 8.78 Å². The van der Waals surface area contributed by atoms with Crippen molar-refractivity contribution in [2.45, 2.75) is 19.8 Å². The molecule has 0 atom stereocenters. The highest BCUT2D eigenvalue weighted by molar-refractivity contribution is 5.75. The zero-order valence-corrected chi connectivity index (χ0v) is 9.34. The van der Waals surface area contributed by atoms with Gasteiger partial charge in [-0.1, -0.05) is 12.1 Å². The summed E-state index contributed by atoms with van der Waals surface area (Å²) >= 11 is 0. The monoisotopic (exact) mass is 238 g/mol. The van der Waals surface area contributed by atoms with Gasteiger partial charge in [0.15, 0.2) is 5.82 Å². The van der Waals surface area contributed by atoms with Crippen molar-refractivity contribution in [2.75, 3.05) is 5.73 Å². The lowest BCUT2D eigenvalue weighted by Gasteiger charge is -2.02. The summed E-state index contributed by atoms with van der Waals surface area (Å²) in [5.41, 5.74) is 6.48. The Balaban J connectivity index is 2.54. The molecule has 5 heteroatoms. The lowest BCUT2D eigenvalue weighted by Crippen LogP contribution is -1.92. The summed E-state index contributed by atoms with van der Waals surface area (Å²) < 4.78 is 31.3. The van der Waals surface area contributed by atoms with Crippen molar-refractivity contribution in [3.8, 4) is 11.1 Å². The number of aryl methyl sites for hydroxylation is 1. The first-order valence-electron chi connectivity index (χ1n) is 5.32. The molecule has 1 heterocycles. The maximum Gasteiger partial charge on any atom is 0.175 e. The fraction of sp³-hybridized carbons (Fsp3) is 0.250. The first-order chi connectivity index (χ1) is 8.11. The number of aromatic nitrogens is 1. The first kappa shape index (κ1) is 11.6. The average molecular weight is 238 g/mol. The Morgan fingerprint density at radius 2 is 1.88 bits per heavy atom. The molecular weight excluding hydrogens is 226 g/mol. The van der Waals surface area contributed by atoms with Crippen LogP contribution in [0.4, 0.5) is 14.6 Å². The fourth-order valence-electron chi connectivity index (χ4n) is 1.74. The van der Waals surface area contributed by atoms with Gasteiger partial charge in [0.25, 0.3) is 0 Å². The summed E-state index contributed by atoms with van der Waals surface area (Å²) in [6, 6.07) is 3.24. The van der Waals surface area contributed by atoms with Gasteiger partial charge in [-0.25, -0.2) is 8.78 Å². The van der Waals surface area contributed by atoms with E-state index in [1.165, 1.54) is 12.1 Å². The van der Waals surface area contributed by atoms with E-state index in [-0.39, 0.29) is 5.82 Å². The Hall–Kier alpha value is -1.91. The standard InChI is InChI=1S/C12H12F2N2O/c1-2-3-10-11(12(15)16-17-10)7-4-8(13)6-9(14)5-7/h4-6H,2-3H2,1H3,(H2,15,16). The molecule has 0 radical (unpaired) electrons. The van der Waals surface area contributed by atoms with E-state index in [1.54, 1.807) is 0 Å². The van der Waals surface area contributed by atoms with E-state index in [0.29, 0.717) is 23.3 Å². The van der Waals surface area contributed by atoms with Crippen LogP contribution in [0.25, 0.3) is 11.1 Å². The van der Waals surface area contributed by atoms with Crippen LogP contribution in [0.2, 0.25) is 0 Å². The molecule has 0 fully saturated rings. The number of nitrogens with zero attached hydrogens (tertiary/aromatic N) is 1. The Morgan fingerprint density at radius 1 is 1.24 bits per heavy atom. The minimum absolute atomic E-state index is 0.151. The molecule has 1 aromatic carbocycles. The van der Waals surface area contributed by atoms with E-state index in [1.807, 2.05) is 6.92 Å². The minimum atomic E-state index is -0.650. The van der Waals surface area contributed by atoms with Gasteiger partial charge in [-0.05, 0) is 24.1 Å². The zero-order valence-electron chi connectivity index (χ0n) is 9.34. The number of hydrogen-bond acceptors (Lipinski definition) is 3. The smallest absolute Gasteiger partial charge is 0.175 e. The molecule has 0 aliphatic carbocycles. The number of hydrogen-bond donors (Lipinski definition) is 1. The Morgan fingerprint density at radius 3 is 2.47 bits per heavy atom. The molecule has 17 heavy (non-hydrogen) atoms. The van der Waals surface area contributed by atoms with Crippen LogP contribution in [0, 0.1) is 11.6 Å². The number of nitrogen functional groups attached to an aromatic ring is 1. The number of rotatable bonds is 3. The van der Waals surface area contributed by atoms with Crippen LogP contribution in [0.5, 0.6) is 0 Å².